The van der Waals surface area contributed by atoms with Crippen molar-refractivity contribution in [3.8, 4) is 0 Å². The van der Waals surface area contributed by atoms with Crippen LogP contribution in [-0.2, 0) is 17.6 Å². The first-order chi connectivity index (χ1) is 9.11. The van der Waals surface area contributed by atoms with Crippen molar-refractivity contribution in [3.05, 3.63) is 47.5 Å². The number of aryl methyl sites for hydroxylation is 2. The molecule has 19 heavy (non-hydrogen) atoms. The van der Waals surface area contributed by atoms with Crippen molar-refractivity contribution in [1.82, 2.24) is 4.90 Å². The van der Waals surface area contributed by atoms with Gasteiger partial charge in [0.1, 0.15) is 6.54 Å². The highest BCUT2D eigenvalue weighted by molar-refractivity contribution is 5.96. The lowest BCUT2D eigenvalue weighted by Gasteiger charge is -2.19. The first kappa shape index (κ1) is 13.3. The lowest BCUT2D eigenvalue weighted by Crippen LogP contribution is -2.35. The van der Waals surface area contributed by atoms with E-state index in [-0.39, 0.29) is 19.0 Å². The Hall–Kier alpha value is -2.10. The van der Waals surface area contributed by atoms with Gasteiger partial charge in [-0.15, -0.1) is 6.58 Å². The third kappa shape index (κ3) is 3.02. The highest BCUT2D eigenvalue weighted by atomic mass is 16.4. The summed E-state index contributed by atoms with van der Waals surface area (Å²) in [6.07, 6.45) is 4.72. The van der Waals surface area contributed by atoms with Gasteiger partial charge in [-0.2, -0.15) is 0 Å². The highest BCUT2D eigenvalue weighted by Gasteiger charge is 2.19. The van der Waals surface area contributed by atoms with Crippen molar-refractivity contribution in [3.63, 3.8) is 0 Å². The van der Waals surface area contributed by atoms with Gasteiger partial charge in [-0.1, -0.05) is 12.1 Å². The summed E-state index contributed by atoms with van der Waals surface area (Å²) < 4.78 is 0. The molecular formula is C15H17NO3. The third-order valence-electron chi connectivity index (χ3n) is 3.31. The van der Waals surface area contributed by atoms with Crippen LogP contribution < -0.4 is 0 Å². The highest BCUT2D eigenvalue weighted by Crippen LogP contribution is 2.23. The normalized spacial score (nSPS) is 12.8. The van der Waals surface area contributed by atoms with Crippen LogP contribution in [0.25, 0.3) is 0 Å². The zero-order chi connectivity index (χ0) is 13.8. The van der Waals surface area contributed by atoms with Gasteiger partial charge in [0, 0.05) is 12.1 Å². The Morgan fingerprint density at radius 3 is 2.74 bits per heavy atom. The molecular weight excluding hydrogens is 242 g/mol. The predicted molar refractivity (Wildman–Crippen MR) is 72.2 cm³/mol. The number of benzene rings is 1. The van der Waals surface area contributed by atoms with E-state index in [1.54, 1.807) is 6.07 Å². The summed E-state index contributed by atoms with van der Waals surface area (Å²) in [5.41, 5.74) is 3.06. The SMILES string of the molecule is C=CCN(CC(=O)O)C(=O)c1ccc2c(c1)CCC2. The van der Waals surface area contributed by atoms with E-state index in [4.69, 9.17) is 5.11 Å². The molecule has 0 atom stereocenters. The van der Waals surface area contributed by atoms with Crippen LogP contribution in [0.5, 0.6) is 0 Å². The zero-order valence-corrected chi connectivity index (χ0v) is 10.8. The van der Waals surface area contributed by atoms with E-state index in [0.717, 1.165) is 19.3 Å². The number of carboxylic acids is 1. The summed E-state index contributed by atoms with van der Waals surface area (Å²) in [7, 11) is 0. The molecule has 1 aliphatic carbocycles. The molecule has 0 radical (unpaired) electrons. The van der Waals surface area contributed by atoms with Gasteiger partial charge in [0.25, 0.3) is 5.91 Å². The molecule has 0 aromatic heterocycles. The number of hydrogen-bond donors (Lipinski definition) is 1. The van der Waals surface area contributed by atoms with Crippen LogP contribution in [0.15, 0.2) is 30.9 Å². The summed E-state index contributed by atoms with van der Waals surface area (Å²) in [6.45, 7) is 3.49. The average molecular weight is 259 g/mol. The molecule has 1 N–H and O–H groups in total. The Labute approximate surface area is 112 Å². The van der Waals surface area contributed by atoms with Crippen LogP contribution in [0.3, 0.4) is 0 Å². The van der Waals surface area contributed by atoms with Gasteiger partial charge in [0.05, 0.1) is 0 Å². The molecule has 2 rings (SSSR count). The second kappa shape index (κ2) is 5.69. The summed E-state index contributed by atoms with van der Waals surface area (Å²) in [5, 5.41) is 8.83. The van der Waals surface area contributed by atoms with Crippen LogP contribution >= 0.6 is 0 Å². The quantitative estimate of drug-likeness (QED) is 0.821. The van der Waals surface area contributed by atoms with Gasteiger partial charge >= 0.3 is 5.97 Å². The lowest BCUT2D eigenvalue weighted by molar-refractivity contribution is -0.137. The molecule has 100 valence electrons. The number of amides is 1. The summed E-state index contributed by atoms with van der Waals surface area (Å²) in [5.74, 6) is -1.27. The number of carbonyl (C=O) groups is 2. The molecule has 4 nitrogen and oxygen atoms in total. The molecule has 0 heterocycles. The summed E-state index contributed by atoms with van der Waals surface area (Å²) >= 11 is 0. The Kier molecular flexibility index (Phi) is 4.00. The molecule has 4 heteroatoms. The second-order valence-electron chi connectivity index (χ2n) is 4.71. The van der Waals surface area contributed by atoms with Crippen molar-refractivity contribution in [2.24, 2.45) is 0 Å². The van der Waals surface area contributed by atoms with Gasteiger partial charge in [-0.3, -0.25) is 9.59 Å². The number of carbonyl (C=O) groups excluding carboxylic acids is 1. The van der Waals surface area contributed by atoms with Gasteiger partial charge in [0.15, 0.2) is 0 Å². The van der Waals surface area contributed by atoms with Crippen LogP contribution in [-0.4, -0.2) is 35.0 Å². The topological polar surface area (TPSA) is 57.6 Å². The fourth-order valence-electron chi connectivity index (χ4n) is 2.43. The number of hydrogen-bond acceptors (Lipinski definition) is 2. The minimum absolute atomic E-state index is 0.238. The fraction of sp³-hybridized carbons (Fsp3) is 0.333. The minimum Gasteiger partial charge on any atom is -0.480 e. The Balaban J connectivity index is 2.21. The van der Waals surface area contributed by atoms with E-state index in [1.807, 2.05) is 12.1 Å². The first-order valence-electron chi connectivity index (χ1n) is 6.35. The number of fused-ring (bicyclic) bond motifs is 1. The third-order valence-corrected chi connectivity index (χ3v) is 3.31. The van der Waals surface area contributed by atoms with Crippen molar-refractivity contribution in [2.45, 2.75) is 19.3 Å². The molecule has 1 aromatic carbocycles. The van der Waals surface area contributed by atoms with Crippen LogP contribution in [0.2, 0.25) is 0 Å². The average Bonchev–Trinajstić information content (AvgIpc) is 2.84. The predicted octanol–water partition coefficient (Wildman–Crippen LogP) is 1.89. The number of nitrogens with zero attached hydrogens (tertiary/aromatic N) is 1. The van der Waals surface area contributed by atoms with E-state index in [1.165, 1.54) is 22.1 Å². The smallest absolute Gasteiger partial charge is 0.323 e. The van der Waals surface area contributed by atoms with E-state index in [2.05, 4.69) is 6.58 Å². The zero-order valence-electron chi connectivity index (χ0n) is 10.8. The monoisotopic (exact) mass is 259 g/mol. The maximum absolute atomic E-state index is 12.3. The van der Waals surface area contributed by atoms with E-state index >= 15 is 0 Å². The number of carboxylic acid groups (broad SMARTS) is 1. The Bertz CT molecular complexity index is 522. The molecule has 0 saturated carbocycles. The van der Waals surface area contributed by atoms with Crippen LogP contribution in [0, 0.1) is 0 Å². The van der Waals surface area contributed by atoms with Crippen molar-refractivity contribution < 1.29 is 14.7 Å². The van der Waals surface area contributed by atoms with Crippen molar-refractivity contribution >= 4 is 11.9 Å². The molecule has 0 aliphatic heterocycles. The summed E-state index contributed by atoms with van der Waals surface area (Å²) in [6, 6.07) is 5.65. The molecule has 0 bridgehead atoms. The summed E-state index contributed by atoms with van der Waals surface area (Å²) in [4.78, 5) is 24.3. The molecule has 0 fully saturated rings. The molecule has 1 aliphatic rings. The van der Waals surface area contributed by atoms with E-state index < -0.39 is 5.97 Å². The van der Waals surface area contributed by atoms with Gasteiger partial charge < -0.3 is 10.0 Å². The largest absolute Gasteiger partial charge is 0.480 e. The van der Waals surface area contributed by atoms with Crippen LogP contribution in [0.1, 0.15) is 27.9 Å². The lowest BCUT2D eigenvalue weighted by atomic mass is 10.1. The molecule has 1 aromatic rings. The maximum atomic E-state index is 12.3. The van der Waals surface area contributed by atoms with Crippen molar-refractivity contribution in [2.75, 3.05) is 13.1 Å². The first-order valence-corrected chi connectivity index (χ1v) is 6.35. The Morgan fingerprint density at radius 1 is 1.32 bits per heavy atom. The molecule has 0 unspecified atom stereocenters. The number of aliphatic carboxylic acids is 1. The van der Waals surface area contributed by atoms with Crippen molar-refractivity contribution in [1.29, 1.82) is 0 Å². The van der Waals surface area contributed by atoms with Gasteiger partial charge in [0.2, 0.25) is 0 Å². The standard InChI is InChI=1S/C15H17NO3/c1-2-8-16(10-14(17)18)15(19)13-7-6-11-4-3-5-12(11)9-13/h2,6-7,9H,1,3-5,8,10H2,(H,17,18). The van der Waals surface area contributed by atoms with Gasteiger partial charge in [-0.05, 0) is 42.5 Å². The van der Waals surface area contributed by atoms with Gasteiger partial charge in [-0.25, -0.2) is 0 Å². The Morgan fingerprint density at radius 2 is 2.05 bits per heavy atom. The second-order valence-corrected chi connectivity index (χ2v) is 4.71. The van der Waals surface area contributed by atoms with E-state index in [9.17, 15) is 9.59 Å². The minimum atomic E-state index is -1.02. The van der Waals surface area contributed by atoms with E-state index in [0.29, 0.717) is 5.56 Å². The molecule has 0 spiro atoms. The number of rotatable bonds is 5. The van der Waals surface area contributed by atoms with Crippen LogP contribution in [0.4, 0.5) is 0 Å². The maximum Gasteiger partial charge on any atom is 0.323 e. The molecule has 1 amide bonds. The molecule has 0 saturated heterocycles. The fourth-order valence-corrected chi connectivity index (χ4v) is 2.43.